The molecule has 0 heterocycles. The molecule has 0 aliphatic heterocycles. The summed E-state index contributed by atoms with van der Waals surface area (Å²) in [5, 5.41) is 0. The minimum Gasteiger partial charge on any atom is -0.129 e. The van der Waals surface area contributed by atoms with Crippen LogP contribution in [-0.2, 0) is 0 Å². The summed E-state index contributed by atoms with van der Waals surface area (Å²) < 4.78 is 0. The fraction of sp³-hybridized carbons (Fsp3) is 0.833. The smallest absolute Gasteiger partial charge is 0.0251 e. The molecule has 0 amide bonds. The van der Waals surface area contributed by atoms with Crippen LogP contribution in [0.5, 0.6) is 0 Å². The molecule has 0 fully saturated rings. The van der Waals surface area contributed by atoms with E-state index >= 15 is 0 Å². The van der Waals surface area contributed by atoms with Gasteiger partial charge in [-0.3, -0.25) is 0 Å². The Labute approximate surface area is 126 Å². The SMILES string of the molecule is C=C=C(CCC(CC)CC)C(C)(C)CC(CC)CCl. The highest BCUT2D eigenvalue weighted by Gasteiger charge is 2.26. The van der Waals surface area contributed by atoms with Gasteiger partial charge in [-0.05, 0) is 42.1 Å². The first kappa shape index (κ1) is 18.8. The van der Waals surface area contributed by atoms with Gasteiger partial charge in [-0.15, -0.1) is 17.3 Å². The van der Waals surface area contributed by atoms with Crippen molar-refractivity contribution in [3.05, 3.63) is 17.9 Å². The standard InChI is InChI=1S/C18H33Cl/c1-7-15(8-2)11-12-17(10-4)18(5,6)13-16(9-3)14-19/h15-16H,4,7-9,11-14H2,1-3,5-6H3. The summed E-state index contributed by atoms with van der Waals surface area (Å²) in [6, 6.07) is 0. The van der Waals surface area contributed by atoms with Crippen LogP contribution in [0, 0.1) is 17.3 Å². The second-order valence-electron chi connectivity index (χ2n) is 6.39. The van der Waals surface area contributed by atoms with Crippen molar-refractivity contribution in [1.29, 1.82) is 0 Å². The summed E-state index contributed by atoms with van der Waals surface area (Å²) in [5.41, 5.74) is 4.80. The Bertz CT molecular complexity index is 276. The number of hydrogen-bond acceptors (Lipinski definition) is 0. The van der Waals surface area contributed by atoms with Crippen molar-refractivity contribution in [2.75, 3.05) is 5.88 Å². The van der Waals surface area contributed by atoms with Gasteiger partial charge in [-0.2, -0.15) is 0 Å². The first-order valence-corrected chi connectivity index (χ1v) is 8.43. The predicted octanol–water partition coefficient (Wildman–Crippen LogP) is 6.60. The lowest BCUT2D eigenvalue weighted by atomic mass is 9.74. The lowest BCUT2D eigenvalue weighted by molar-refractivity contribution is 0.311. The van der Waals surface area contributed by atoms with E-state index in [-0.39, 0.29) is 5.41 Å². The van der Waals surface area contributed by atoms with E-state index in [1.54, 1.807) is 0 Å². The lowest BCUT2D eigenvalue weighted by Gasteiger charge is -2.31. The van der Waals surface area contributed by atoms with E-state index in [1.165, 1.54) is 24.8 Å². The average molecular weight is 285 g/mol. The highest BCUT2D eigenvalue weighted by molar-refractivity contribution is 6.18. The van der Waals surface area contributed by atoms with Gasteiger partial charge in [-0.1, -0.05) is 60.5 Å². The van der Waals surface area contributed by atoms with Crippen molar-refractivity contribution in [2.45, 2.75) is 73.1 Å². The van der Waals surface area contributed by atoms with E-state index in [2.05, 4.69) is 46.9 Å². The van der Waals surface area contributed by atoms with Crippen molar-refractivity contribution >= 4 is 11.6 Å². The third kappa shape index (κ3) is 6.68. The largest absolute Gasteiger partial charge is 0.129 e. The van der Waals surface area contributed by atoms with E-state index in [0.717, 1.165) is 31.1 Å². The van der Waals surface area contributed by atoms with Crippen molar-refractivity contribution < 1.29 is 0 Å². The molecule has 112 valence electrons. The Morgan fingerprint density at radius 3 is 2.00 bits per heavy atom. The van der Waals surface area contributed by atoms with Crippen molar-refractivity contribution in [3.63, 3.8) is 0 Å². The molecular weight excluding hydrogens is 252 g/mol. The topological polar surface area (TPSA) is 0 Å². The summed E-state index contributed by atoms with van der Waals surface area (Å²) in [7, 11) is 0. The van der Waals surface area contributed by atoms with Crippen LogP contribution in [0.25, 0.3) is 0 Å². The average Bonchev–Trinajstić information content (AvgIpc) is 2.40. The maximum atomic E-state index is 6.05. The quantitative estimate of drug-likeness (QED) is 0.313. The molecule has 0 aromatic rings. The number of hydrogen-bond donors (Lipinski definition) is 0. The molecule has 0 radical (unpaired) electrons. The van der Waals surface area contributed by atoms with E-state index in [0.29, 0.717) is 5.92 Å². The van der Waals surface area contributed by atoms with Crippen molar-refractivity contribution in [1.82, 2.24) is 0 Å². The van der Waals surface area contributed by atoms with Crippen LogP contribution in [0.2, 0.25) is 0 Å². The number of halogens is 1. The molecule has 0 saturated heterocycles. The van der Waals surface area contributed by atoms with Crippen LogP contribution in [0.4, 0.5) is 0 Å². The normalized spacial score (nSPS) is 13.4. The highest BCUT2D eigenvalue weighted by atomic mass is 35.5. The molecule has 0 aliphatic rings. The van der Waals surface area contributed by atoms with Gasteiger partial charge in [0.1, 0.15) is 0 Å². The number of alkyl halides is 1. The summed E-state index contributed by atoms with van der Waals surface area (Å²) >= 11 is 6.05. The first-order chi connectivity index (χ1) is 8.94. The molecule has 0 saturated carbocycles. The molecule has 1 heteroatoms. The summed E-state index contributed by atoms with van der Waals surface area (Å²) in [6.45, 7) is 15.4. The van der Waals surface area contributed by atoms with Gasteiger partial charge in [0.05, 0.1) is 0 Å². The van der Waals surface area contributed by atoms with Crippen molar-refractivity contribution in [2.24, 2.45) is 17.3 Å². The van der Waals surface area contributed by atoms with Crippen LogP contribution < -0.4 is 0 Å². The van der Waals surface area contributed by atoms with Crippen LogP contribution in [0.3, 0.4) is 0 Å². The van der Waals surface area contributed by atoms with Gasteiger partial charge in [0.2, 0.25) is 0 Å². The van der Waals surface area contributed by atoms with E-state index < -0.39 is 0 Å². The van der Waals surface area contributed by atoms with Crippen LogP contribution in [0.1, 0.15) is 73.1 Å². The third-order valence-corrected chi connectivity index (χ3v) is 5.02. The lowest BCUT2D eigenvalue weighted by Crippen LogP contribution is -2.20. The Morgan fingerprint density at radius 2 is 1.63 bits per heavy atom. The van der Waals surface area contributed by atoms with Crippen LogP contribution in [0.15, 0.2) is 17.9 Å². The minimum absolute atomic E-state index is 0.184. The predicted molar refractivity (Wildman–Crippen MR) is 88.9 cm³/mol. The Morgan fingerprint density at radius 1 is 1.11 bits per heavy atom. The number of rotatable bonds is 10. The second kappa shape index (κ2) is 9.67. The number of allylic oxidation sites excluding steroid dienone is 1. The molecule has 19 heavy (non-hydrogen) atoms. The van der Waals surface area contributed by atoms with Gasteiger partial charge in [0.25, 0.3) is 0 Å². The first-order valence-electron chi connectivity index (χ1n) is 7.90. The zero-order valence-corrected chi connectivity index (χ0v) is 14.4. The van der Waals surface area contributed by atoms with Gasteiger partial charge < -0.3 is 0 Å². The molecule has 0 aromatic heterocycles. The molecule has 0 aromatic carbocycles. The summed E-state index contributed by atoms with van der Waals surface area (Å²) in [4.78, 5) is 0. The van der Waals surface area contributed by atoms with E-state index in [1.807, 2.05) is 0 Å². The molecule has 0 N–H and O–H groups in total. The monoisotopic (exact) mass is 284 g/mol. The van der Waals surface area contributed by atoms with Crippen LogP contribution in [-0.4, -0.2) is 5.88 Å². The fourth-order valence-corrected chi connectivity index (χ4v) is 3.19. The Kier molecular flexibility index (Phi) is 9.58. The van der Waals surface area contributed by atoms with Gasteiger partial charge >= 0.3 is 0 Å². The van der Waals surface area contributed by atoms with Crippen LogP contribution >= 0.6 is 11.6 Å². The van der Waals surface area contributed by atoms with Crippen molar-refractivity contribution in [3.8, 4) is 0 Å². The van der Waals surface area contributed by atoms with Gasteiger partial charge in [0.15, 0.2) is 0 Å². The molecule has 0 nitrogen and oxygen atoms in total. The fourth-order valence-electron chi connectivity index (χ4n) is 2.86. The summed E-state index contributed by atoms with van der Waals surface area (Å²) in [6.07, 6.45) is 7.27. The van der Waals surface area contributed by atoms with Gasteiger partial charge in [0, 0.05) is 5.88 Å². The molecular formula is C18H33Cl. The molecule has 0 aliphatic carbocycles. The Hall–Kier alpha value is -0.190. The zero-order valence-electron chi connectivity index (χ0n) is 13.7. The maximum absolute atomic E-state index is 6.05. The zero-order chi connectivity index (χ0) is 14.9. The summed E-state index contributed by atoms with van der Waals surface area (Å²) in [5.74, 6) is 2.21. The third-order valence-electron chi connectivity index (χ3n) is 4.58. The molecule has 0 spiro atoms. The molecule has 0 bridgehead atoms. The van der Waals surface area contributed by atoms with Gasteiger partial charge in [-0.25, -0.2) is 0 Å². The second-order valence-corrected chi connectivity index (χ2v) is 6.70. The minimum atomic E-state index is 0.184. The van der Waals surface area contributed by atoms with E-state index in [9.17, 15) is 0 Å². The highest BCUT2D eigenvalue weighted by Crippen LogP contribution is 2.37. The molecule has 0 rings (SSSR count). The molecule has 1 unspecified atom stereocenters. The van der Waals surface area contributed by atoms with E-state index in [4.69, 9.17) is 11.6 Å². The maximum Gasteiger partial charge on any atom is 0.0251 e. The Balaban J connectivity index is 4.61. The molecule has 1 atom stereocenters.